The van der Waals surface area contributed by atoms with Crippen LogP contribution in [0.25, 0.3) is 0 Å². The zero-order valence-electron chi connectivity index (χ0n) is 13.0. The summed E-state index contributed by atoms with van der Waals surface area (Å²) in [5.41, 5.74) is 2.79. The molecule has 1 aliphatic heterocycles. The predicted molar refractivity (Wildman–Crippen MR) is 92.7 cm³/mol. The molecule has 0 atom stereocenters. The Labute approximate surface area is 139 Å². The summed E-state index contributed by atoms with van der Waals surface area (Å²) < 4.78 is 0. The fraction of sp³-hybridized carbons (Fsp3) is 0.294. The Morgan fingerprint density at radius 2 is 1.83 bits per heavy atom. The Hall–Kier alpha value is -2.18. The molecular weight excluding hydrogens is 310 g/mol. The molecule has 1 aliphatic rings. The summed E-state index contributed by atoms with van der Waals surface area (Å²) in [6.07, 6.45) is 1.02. The summed E-state index contributed by atoms with van der Waals surface area (Å²) in [7, 11) is 0. The van der Waals surface area contributed by atoms with Crippen LogP contribution in [0.5, 0.6) is 0 Å². The third-order valence-electron chi connectivity index (χ3n) is 3.74. The molecule has 0 fully saturated rings. The van der Waals surface area contributed by atoms with Crippen LogP contribution in [-0.2, 0) is 22.6 Å². The van der Waals surface area contributed by atoms with Crippen molar-refractivity contribution in [1.29, 1.82) is 0 Å². The van der Waals surface area contributed by atoms with Crippen LogP contribution >= 0.6 is 11.3 Å². The molecule has 0 spiro atoms. The molecular formula is C17H19N3O2S. The highest BCUT2D eigenvalue weighted by molar-refractivity contribution is 7.10. The molecule has 120 valence electrons. The number of nitrogens with zero attached hydrogens (tertiary/aromatic N) is 1. The van der Waals surface area contributed by atoms with Gasteiger partial charge in [0.1, 0.15) is 0 Å². The highest BCUT2D eigenvalue weighted by Gasteiger charge is 2.19. The zero-order chi connectivity index (χ0) is 16.2. The van der Waals surface area contributed by atoms with E-state index in [0.717, 1.165) is 30.9 Å². The summed E-state index contributed by atoms with van der Waals surface area (Å²) in [5.74, 6) is -0.129. The minimum Gasteiger partial charge on any atom is -0.326 e. The molecule has 1 aromatic carbocycles. The van der Waals surface area contributed by atoms with Gasteiger partial charge >= 0.3 is 0 Å². The van der Waals surface area contributed by atoms with Crippen LogP contribution < -0.4 is 10.6 Å². The highest BCUT2D eigenvalue weighted by atomic mass is 32.1. The van der Waals surface area contributed by atoms with Gasteiger partial charge in [-0.2, -0.15) is 0 Å². The van der Waals surface area contributed by atoms with Crippen molar-refractivity contribution in [2.45, 2.75) is 19.9 Å². The van der Waals surface area contributed by atoms with E-state index in [1.165, 1.54) is 17.4 Å². The molecule has 0 unspecified atom stereocenters. The van der Waals surface area contributed by atoms with Gasteiger partial charge in [0, 0.05) is 36.3 Å². The number of nitrogens with one attached hydrogen (secondary N) is 2. The molecule has 2 aromatic rings. The molecule has 0 saturated heterocycles. The molecule has 0 bridgehead atoms. The number of fused-ring (bicyclic) bond motifs is 1. The van der Waals surface area contributed by atoms with Crippen molar-refractivity contribution in [2.75, 3.05) is 23.7 Å². The average Bonchev–Trinajstić information content (AvgIpc) is 2.96. The molecule has 0 radical (unpaired) electrons. The lowest BCUT2D eigenvalue weighted by molar-refractivity contribution is -0.117. The first-order valence-electron chi connectivity index (χ1n) is 7.55. The van der Waals surface area contributed by atoms with Crippen molar-refractivity contribution < 1.29 is 9.59 Å². The first-order chi connectivity index (χ1) is 11.1. The minimum absolute atomic E-state index is 0.0176. The van der Waals surface area contributed by atoms with Gasteiger partial charge in [0.2, 0.25) is 11.8 Å². The van der Waals surface area contributed by atoms with Crippen LogP contribution in [-0.4, -0.2) is 29.8 Å². The van der Waals surface area contributed by atoms with Gasteiger partial charge in [-0.3, -0.25) is 14.5 Å². The van der Waals surface area contributed by atoms with E-state index in [-0.39, 0.29) is 11.8 Å². The van der Waals surface area contributed by atoms with E-state index >= 15 is 0 Å². The topological polar surface area (TPSA) is 61.4 Å². The van der Waals surface area contributed by atoms with Gasteiger partial charge in [-0.05, 0) is 47.7 Å². The lowest BCUT2D eigenvalue weighted by Crippen LogP contribution is -2.36. The maximum atomic E-state index is 12.2. The molecule has 5 nitrogen and oxygen atoms in total. The monoisotopic (exact) mass is 329 g/mol. The molecule has 2 heterocycles. The number of hydrogen-bond acceptors (Lipinski definition) is 4. The Morgan fingerprint density at radius 1 is 1.13 bits per heavy atom. The first kappa shape index (κ1) is 15.7. The second-order valence-electron chi connectivity index (χ2n) is 5.64. The number of benzene rings is 1. The van der Waals surface area contributed by atoms with E-state index in [1.807, 2.05) is 0 Å². The van der Waals surface area contributed by atoms with Gasteiger partial charge in [-0.25, -0.2) is 0 Å². The van der Waals surface area contributed by atoms with E-state index in [4.69, 9.17) is 0 Å². The van der Waals surface area contributed by atoms with Crippen molar-refractivity contribution in [1.82, 2.24) is 4.90 Å². The number of carbonyl (C=O) groups excluding carboxylic acids is 2. The number of anilines is 2. The van der Waals surface area contributed by atoms with E-state index in [9.17, 15) is 9.59 Å². The quantitative estimate of drug-likeness (QED) is 0.906. The van der Waals surface area contributed by atoms with E-state index in [0.29, 0.717) is 6.54 Å². The van der Waals surface area contributed by atoms with Crippen molar-refractivity contribution in [3.05, 3.63) is 46.2 Å². The maximum absolute atomic E-state index is 12.2. The van der Waals surface area contributed by atoms with Crippen LogP contribution in [0.1, 0.15) is 17.4 Å². The van der Waals surface area contributed by atoms with Crippen LogP contribution in [0, 0.1) is 0 Å². The summed E-state index contributed by atoms with van der Waals surface area (Å²) in [5, 5.41) is 7.71. The number of amides is 2. The maximum Gasteiger partial charge on any atom is 0.238 e. The number of thiophene rings is 1. The Balaban J connectivity index is 1.52. The molecule has 0 aliphatic carbocycles. The molecule has 3 rings (SSSR count). The SMILES string of the molecule is CC(=O)Nc1ccc(NC(=O)CN2CCc3sccc3C2)cc1. The van der Waals surface area contributed by atoms with Crippen molar-refractivity contribution in [3.8, 4) is 0 Å². The zero-order valence-corrected chi connectivity index (χ0v) is 13.8. The average molecular weight is 329 g/mol. The van der Waals surface area contributed by atoms with Gasteiger partial charge in [-0.15, -0.1) is 11.3 Å². The number of carbonyl (C=O) groups is 2. The normalized spacial score (nSPS) is 14.1. The third-order valence-corrected chi connectivity index (χ3v) is 4.77. The van der Waals surface area contributed by atoms with Crippen LogP contribution in [0.4, 0.5) is 11.4 Å². The fourth-order valence-electron chi connectivity index (χ4n) is 2.69. The summed E-state index contributed by atoms with van der Waals surface area (Å²) in [6, 6.07) is 9.27. The van der Waals surface area contributed by atoms with E-state index in [2.05, 4.69) is 27.0 Å². The van der Waals surface area contributed by atoms with Gasteiger partial charge in [0.25, 0.3) is 0 Å². The second kappa shape index (κ2) is 6.93. The fourth-order valence-corrected chi connectivity index (χ4v) is 3.58. The Bertz CT molecular complexity index is 709. The third kappa shape index (κ3) is 4.18. The lowest BCUT2D eigenvalue weighted by Gasteiger charge is -2.26. The van der Waals surface area contributed by atoms with Crippen molar-refractivity contribution in [3.63, 3.8) is 0 Å². The summed E-state index contributed by atoms with van der Waals surface area (Å²) in [4.78, 5) is 26.8. The van der Waals surface area contributed by atoms with Crippen LogP contribution in [0.15, 0.2) is 35.7 Å². The van der Waals surface area contributed by atoms with Gasteiger partial charge in [-0.1, -0.05) is 0 Å². The van der Waals surface area contributed by atoms with Crippen LogP contribution in [0.3, 0.4) is 0 Å². The molecule has 2 N–H and O–H groups in total. The minimum atomic E-state index is -0.111. The number of hydrogen-bond donors (Lipinski definition) is 2. The van der Waals surface area contributed by atoms with Gasteiger partial charge in [0.15, 0.2) is 0 Å². The standard InChI is InChI=1S/C17H19N3O2S/c1-12(21)18-14-2-4-15(5-3-14)19-17(22)11-20-8-6-16-13(10-20)7-9-23-16/h2-5,7,9H,6,8,10-11H2,1H3,(H,18,21)(H,19,22). The lowest BCUT2D eigenvalue weighted by atomic mass is 10.1. The van der Waals surface area contributed by atoms with Crippen LogP contribution in [0.2, 0.25) is 0 Å². The summed E-state index contributed by atoms with van der Waals surface area (Å²) >= 11 is 1.80. The summed E-state index contributed by atoms with van der Waals surface area (Å²) in [6.45, 7) is 3.62. The van der Waals surface area contributed by atoms with Crippen molar-refractivity contribution >= 4 is 34.5 Å². The van der Waals surface area contributed by atoms with E-state index in [1.54, 1.807) is 35.6 Å². The Kier molecular flexibility index (Phi) is 4.73. The van der Waals surface area contributed by atoms with Crippen molar-refractivity contribution in [2.24, 2.45) is 0 Å². The molecule has 1 aromatic heterocycles. The van der Waals surface area contributed by atoms with E-state index < -0.39 is 0 Å². The van der Waals surface area contributed by atoms with Gasteiger partial charge < -0.3 is 10.6 Å². The second-order valence-corrected chi connectivity index (χ2v) is 6.64. The smallest absolute Gasteiger partial charge is 0.238 e. The predicted octanol–water partition coefficient (Wildman–Crippen LogP) is 2.70. The number of rotatable bonds is 4. The molecule has 2 amide bonds. The molecule has 0 saturated carbocycles. The largest absolute Gasteiger partial charge is 0.326 e. The Morgan fingerprint density at radius 3 is 2.52 bits per heavy atom. The first-order valence-corrected chi connectivity index (χ1v) is 8.43. The van der Waals surface area contributed by atoms with Gasteiger partial charge in [0.05, 0.1) is 6.54 Å². The highest BCUT2D eigenvalue weighted by Crippen LogP contribution is 2.23. The molecule has 23 heavy (non-hydrogen) atoms. The molecule has 6 heteroatoms.